The molecular formula is C13H16N2O2. The SMILES string of the molecule is C#CCOc1cccc(C2NNC(CC)O2)c1. The van der Waals surface area contributed by atoms with E-state index in [1.54, 1.807) is 0 Å². The molecule has 2 N–H and O–H groups in total. The van der Waals surface area contributed by atoms with Crippen LogP contribution in [0.1, 0.15) is 25.1 Å². The third kappa shape index (κ3) is 2.98. The van der Waals surface area contributed by atoms with Crippen molar-refractivity contribution in [3.63, 3.8) is 0 Å². The van der Waals surface area contributed by atoms with Gasteiger partial charge in [0, 0.05) is 5.56 Å². The largest absolute Gasteiger partial charge is 0.481 e. The smallest absolute Gasteiger partial charge is 0.148 e. The molecule has 1 heterocycles. The van der Waals surface area contributed by atoms with Crippen LogP contribution in [0.3, 0.4) is 0 Å². The maximum atomic E-state index is 5.74. The molecule has 0 radical (unpaired) electrons. The zero-order chi connectivity index (χ0) is 12.1. The Morgan fingerprint density at radius 2 is 2.35 bits per heavy atom. The molecule has 0 amide bonds. The topological polar surface area (TPSA) is 42.5 Å². The highest BCUT2D eigenvalue weighted by Crippen LogP contribution is 2.23. The molecule has 2 unspecified atom stereocenters. The normalized spacial score (nSPS) is 23.3. The molecule has 0 aliphatic carbocycles. The summed E-state index contributed by atoms with van der Waals surface area (Å²) in [6, 6.07) is 7.71. The van der Waals surface area contributed by atoms with Gasteiger partial charge >= 0.3 is 0 Å². The molecule has 0 aromatic heterocycles. The number of terminal acetylenes is 1. The molecule has 1 saturated heterocycles. The van der Waals surface area contributed by atoms with E-state index in [2.05, 4.69) is 23.7 Å². The van der Waals surface area contributed by atoms with Gasteiger partial charge in [-0.2, -0.15) is 0 Å². The van der Waals surface area contributed by atoms with Crippen molar-refractivity contribution >= 4 is 0 Å². The third-order valence-electron chi connectivity index (χ3n) is 2.53. The molecule has 0 spiro atoms. The third-order valence-corrected chi connectivity index (χ3v) is 2.53. The van der Waals surface area contributed by atoms with Crippen LogP contribution in [0.25, 0.3) is 0 Å². The minimum absolute atomic E-state index is 0.0512. The van der Waals surface area contributed by atoms with Crippen LogP contribution in [-0.4, -0.2) is 12.8 Å². The van der Waals surface area contributed by atoms with E-state index >= 15 is 0 Å². The lowest BCUT2D eigenvalue weighted by Gasteiger charge is -2.12. The van der Waals surface area contributed by atoms with E-state index in [1.165, 1.54) is 0 Å². The summed E-state index contributed by atoms with van der Waals surface area (Å²) in [6.45, 7) is 2.34. The first kappa shape index (κ1) is 11.9. The van der Waals surface area contributed by atoms with Crippen molar-refractivity contribution in [2.24, 2.45) is 0 Å². The molecule has 1 aromatic carbocycles. The molecule has 1 fully saturated rings. The molecule has 90 valence electrons. The van der Waals surface area contributed by atoms with E-state index in [-0.39, 0.29) is 19.1 Å². The highest BCUT2D eigenvalue weighted by Gasteiger charge is 2.23. The first-order valence-corrected chi connectivity index (χ1v) is 5.66. The quantitative estimate of drug-likeness (QED) is 0.773. The average Bonchev–Trinajstić information content (AvgIpc) is 2.85. The molecule has 1 aromatic rings. The maximum Gasteiger partial charge on any atom is 0.148 e. The van der Waals surface area contributed by atoms with E-state index in [1.807, 2.05) is 24.3 Å². The molecule has 4 heteroatoms. The summed E-state index contributed by atoms with van der Waals surface area (Å²) in [7, 11) is 0. The van der Waals surface area contributed by atoms with Gasteiger partial charge in [0.1, 0.15) is 24.8 Å². The first-order chi connectivity index (χ1) is 8.33. The highest BCUT2D eigenvalue weighted by molar-refractivity contribution is 5.30. The van der Waals surface area contributed by atoms with Crippen molar-refractivity contribution in [2.75, 3.05) is 6.61 Å². The van der Waals surface area contributed by atoms with Gasteiger partial charge in [0.25, 0.3) is 0 Å². The number of ether oxygens (including phenoxy) is 2. The lowest BCUT2D eigenvalue weighted by Crippen LogP contribution is -2.30. The molecule has 0 bridgehead atoms. The van der Waals surface area contributed by atoms with Crippen molar-refractivity contribution in [3.8, 4) is 18.1 Å². The lowest BCUT2D eigenvalue weighted by molar-refractivity contribution is 0.0330. The van der Waals surface area contributed by atoms with Gasteiger partial charge in [-0.15, -0.1) is 6.42 Å². The Balaban J connectivity index is 2.04. The Labute approximate surface area is 101 Å². The summed E-state index contributed by atoms with van der Waals surface area (Å²) in [4.78, 5) is 0. The van der Waals surface area contributed by atoms with Gasteiger partial charge in [-0.1, -0.05) is 25.0 Å². The fraction of sp³-hybridized carbons (Fsp3) is 0.385. The highest BCUT2D eigenvalue weighted by atomic mass is 16.5. The van der Waals surface area contributed by atoms with Crippen LogP contribution >= 0.6 is 0 Å². The molecular weight excluding hydrogens is 216 g/mol. The molecule has 4 nitrogen and oxygen atoms in total. The van der Waals surface area contributed by atoms with Crippen molar-refractivity contribution in [3.05, 3.63) is 29.8 Å². The maximum absolute atomic E-state index is 5.74. The fourth-order valence-electron chi connectivity index (χ4n) is 1.65. The van der Waals surface area contributed by atoms with Gasteiger partial charge in [0.2, 0.25) is 0 Å². The predicted octanol–water partition coefficient (Wildman–Crippen LogP) is 1.56. The number of hydrazine groups is 1. The van der Waals surface area contributed by atoms with Crippen molar-refractivity contribution < 1.29 is 9.47 Å². The Bertz CT molecular complexity index is 414. The summed E-state index contributed by atoms with van der Waals surface area (Å²) in [5.41, 5.74) is 7.18. The van der Waals surface area contributed by atoms with Crippen molar-refractivity contribution in [2.45, 2.75) is 25.8 Å². The van der Waals surface area contributed by atoms with E-state index in [4.69, 9.17) is 15.9 Å². The van der Waals surface area contributed by atoms with E-state index in [0.717, 1.165) is 17.7 Å². The predicted molar refractivity (Wildman–Crippen MR) is 64.9 cm³/mol. The standard InChI is InChI=1S/C13H16N2O2/c1-3-8-16-11-7-5-6-10(9-11)13-15-14-12(4-2)17-13/h1,5-7,9,12-15H,4,8H2,2H3. The number of benzene rings is 1. The van der Waals surface area contributed by atoms with E-state index < -0.39 is 0 Å². The zero-order valence-electron chi connectivity index (χ0n) is 9.77. The summed E-state index contributed by atoms with van der Waals surface area (Å²) in [5.74, 6) is 3.20. The number of rotatable bonds is 4. The second kappa shape index (κ2) is 5.69. The van der Waals surface area contributed by atoms with Crippen LogP contribution in [0.2, 0.25) is 0 Å². The minimum Gasteiger partial charge on any atom is -0.481 e. The van der Waals surface area contributed by atoms with Crippen LogP contribution in [0.15, 0.2) is 24.3 Å². The van der Waals surface area contributed by atoms with E-state index in [9.17, 15) is 0 Å². The monoisotopic (exact) mass is 232 g/mol. The average molecular weight is 232 g/mol. The molecule has 2 rings (SSSR count). The minimum atomic E-state index is -0.144. The Hall–Kier alpha value is -1.54. The number of nitrogens with one attached hydrogen (secondary N) is 2. The van der Waals surface area contributed by atoms with Crippen LogP contribution in [-0.2, 0) is 4.74 Å². The van der Waals surface area contributed by atoms with Crippen LogP contribution in [0.5, 0.6) is 5.75 Å². The molecule has 2 atom stereocenters. The number of hydrogen-bond acceptors (Lipinski definition) is 4. The zero-order valence-corrected chi connectivity index (χ0v) is 9.77. The van der Waals surface area contributed by atoms with Gasteiger partial charge in [-0.25, -0.2) is 10.9 Å². The van der Waals surface area contributed by atoms with Gasteiger partial charge in [0.15, 0.2) is 0 Å². The van der Waals surface area contributed by atoms with Gasteiger partial charge in [-0.05, 0) is 18.6 Å². The Morgan fingerprint density at radius 3 is 3.06 bits per heavy atom. The summed E-state index contributed by atoms with van der Waals surface area (Å²) in [6.07, 6.45) is 5.97. The van der Waals surface area contributed by atoms with Gasteiger partial charge < -0.3 is 9.47 Å². The molecule has 17 heavy (non-hydrogen) atoms. The van der Waals surface area contributed by atoms with E-state index in [0.29, 0.717) is 0 Å². The first-order valence-electron chi connectivity index (χ1n) is 5.66. The van der Waals surface area contributed by atoms with Gasteiger partial charge in [-0.3, -0.25) is 0 Å². The van der Waals surface area contributed by atoms with Crippen LogP contribution < -0.4 is 15.6 Å². The molecule has 0 saturated carbocycles. The summed E-state index contributed by atoms with van der Waals surface area (Å²) >= 11 is 0. The second-order valence-corrected chi connectivity index (χ2v) is 3.77. The Morgan fingerprint density at radius 1 is 1.47 bits per heavy atom. The second-order valence-electron chi connectivity index (χ2n) is 3.77. The summed E-state index contributed by atoms with van der Waals surface area (Å²) in [5, 5.41) is 0. The fourth-order valence-corrected chi connectivity index (χ4v) is 1.65. The van der Waals surface area contributed by atoms with Crippen LogP contribution in [0.4, 0.5) is 0 Å². The van der Waals surface area contributed by atoms with Crippen molar-refractivity contribution in [1.29, 1.82) is 0 Å². The molecule has 1 aliphatic rings. The number of hydrogen-bond donors (Lipinski definition) is 2. The Kier molecular flexibility index (Phi) is 3.99. The van der Waals surface area contributed by atoms with Crippen molar-refractivity contribution in [1.82, 2.24) is 10.9 Å². The van der Waals surface area contributed by atoms with Crippen LogP contribution in [0, 0.1) is 12.3 Å². The lowest BCUT2D eigenvalue weighted by atomic mass is 10.2. The van der Waals surface area contributed by atoms with Gasteiger partial charge in [0.05, 0.1) is 0 Å². The summed E-state index contributed by atoms with van der Waals surface area (Å²) < 4.78 is 11.1. The molecule has 1 aliphatic heterocycles.